The normalized spacial score (nSPS) is 12.5. The molecule has 1 unspecified atom stereocenters. The van der Waals surface area contributed by atoms with E-state index in [0.29, 0.717) is 4.90 Å². The molecule has 0 aromatic rings. The highest BCUT2D eigenvalue weighted by molar-refractivity contribution is 5.74. The smallest absolute Gasteiger partial charge is 0.410 e. The van der Waals surface area contributed by atoms with Gasteiger partial charge in [0.25, 0.3) is 6.43 Å². The number of rotatable bonds is 9. The van der Waals surface area contributed by atoms with E-state index >= 15 is 0 Å². The summed E-state index contributed by atoms with van der Waals surface area (Å²) in [7, 11) is 0. The lowest BCUT2D eigenvalue weighted by Crippen LogP contribution is -2.48. The Bertz CT molecular complexity index is 450. The van der Waals surface area contributed by atoms with Gasteiger partial charge in [-0.3, -0.25) is 14.5 Å². The fraction of sp³-hybridized carbons (Fsp3) is 0.812. The summed E-state index contributed by atoms with van der Waals surface area (Å²) in [5, 5.41) is 0. The summed E-state index contributed by atoms with van der Waals surface area (Å²) in [6.45, 7) is 7.69. The maximum Gasteiger partial charge on any atom is 0.410 e. The number of carbonyl (C=O) groups is 3. The van der Waals surface area contributed by atoms with Crippen LogP contribution in [0.15, 0.2) is 0 Å². The molecule has 0 saturated carbocycles. The average Bonchev–Trinajstić information content (AvgIpc) is 2.44. The van der Waals surface area contributed by atoms with Crippen molar-refractivity contribution in [3.05, 3.63) is 0 Å². The van der Waals surface area contributed by atoms with Gasteiger partial charge in [-0.15, -0.1) is 0 Å². The Morgan fingerprint density at radius 2 is 1.52 bits per heavy atom. The minimum absolute atomic E-state index is 0.0318. The van der Waals surface area contributed by atoms with Crippen molar-refractivity contribution in [3.63, 3.8) is 0 Å². The Hall–Kier alpha value is -1.93. The second kappa shape index (κ2) is 10.8. The second-order valence-corrected chi connectivity index (χ2v) is 6.14. The molecule has 0 aliphatic rings. The summed E-state index contributed by atoms with van der Waals surface area (Å²) in [4.78, 5) is 36.0. The molecule has 0 aromatic heterocycles. The van der Waals surface area contributed by atoms with Crippen LogP contribution >= 0.6 is 0 Å². The number of esters is 2. The van der Waals surface area contributed by atoms with Crippen molar-refractivity contribution in [2.75, 3.05) is 19.8 Å². The van der Waals surface area contributed by atoms with Gasteiger partial charge in [-0.1, -0.05) is 0 Å². The van der Waals surface area contributed by atoms with Crippen LogP contribution in [0.1, 0.15) is 47.5 Å². The molecule has 0 radical (unpaired) electrons. The van der Waals surface area contributed by atoms with Crippen LogP contribution in [0.5, 0.6) is 0 Å². The first-order valence-corrected chi connectivity index (χ1v) is 8.10. The van der Waals surface area contributed by atoms with E-state index in [4.69, 9.17) is 9.47 Å². The van der Waals surface area contributed by atoms with Crippen LogP contribution in [0.25, 0.3) is 0 Å². The first-order chi connectivity index (χ1) is 11.5. The summed E-state index contributed by atoms with van der Waals surface area (Å²) in [6, 6.07) is -1.76. The van der Waals surface area contributed by atoms with E-state index in [2.05, 4.69) is 4.74 Å². The van der Waals surface area contributed by atoms with E-state index in [1.54, 1.807) is 34.6 Å². The number of amides is 1. The molecule has 9 heteroatoms. The second-order valence-electron chi connectivity index (χ2n) is 6.14. The number of alkyl halides is 2. The highest BCUT2D eigenvalue weighted by atomic mass is 19.3. The standard InChI is InChI=1S/C16H27F2NO6/c1-6-23-12(20)8-9-19(15(22)25-16(3,4)5)11(14(17)18)10-13(21)24-7-2/h11,14H,6-10H2,1-5H3. The van der Waals surface area contributed by atoms with E-state index in [1.165, 1.54) is 0 Å². The fourth-order valence-corrected chi connectivity index (χ4v) is 1.88. The minimum Gasteiger partial charge on any atom is -0.466 e. The topological polar surface area (TPSA) is 82.1 Å². The SMILES string of the molecule is CCOC(=O)CCN(C(=O)OC(C)(C)C)C(CC(=O)OCC)C(F)F. The molecule has 0 rings (SSSR count). The summed E-state index contributed by atoms with van der Waals surface area (Å²) >= 11 is 0. The first-order valence-electron chi connectivity index (χ1n) is 8.10. The molecule has 0 N–H and O–H groups in total. The Labute approximate surface area is 146 Å². The molecule has 0 aromatic carbocycles. The molecule has 0 spiro atoms. The average molecular weight is 367 g/mol. The van der Waals surface area contributed by atoms with Gasteiger partial charge in [0.15, 0.2) is 0 Å². The van der Waals surface area contributed by atoms with Crippen molar-refractivity contribution in [3.8, 4) is 0 Å². The van der Waals surface area contributed by atoms with Crippen molar-refractivity contribution < 1.29 is 37.4 Å². The fourth-order valence-electron chi connectivity index (χ4n) is 1.88. The molecule has 0 heterocycles. The van der Waals surface area contributed by atoms with Gasteiger partial charge in [0.05, 0.1) is 26.1 Å². The number of nitrogens with zero attached hydrogens (tertiary/aromatic N) is 1. The van der Waals surface area contributed by atoms with Crippen molar-refractivity contribution in [2.24, 2.45) is 0 Å². The molecule has 0 saturated heterocycles. The van der Waals surface area contributed by atoms with Gasteiger partial charge >= 0.3 is 18.0 Å². The van der Waals surface area contributed by atoms with E-state index in [0.717, 1.165) is 0 Å². The Kier molecular flexibility index (Phi) is 10.00. The highest BCUT2D eigenvalue weighted by Crippen LogP contribution is 2.19. The Morgan fingerprint density at radius 1 is 1.00 bits per heavy atom. The molecule has 146 valence electrons. The molecule has 0 aliphatic carbocycles. The van der Waals surface area contributed by atoms with Gasteiger partial charge in [0, 0.05) is 6.54 Å². The van der Waals surface area contributed by atoms with Crippen LogP contribution in [-0.2, 0) is 23.8 Å². The molecular weight excluding hydrogens is 340 g/mol. The number of hydrogen-bond acceptors (Lipinski definition) is 6. The van der Waals surface area contributed by atoms with Crippen molar-refractivity contribution >= 4 is 18.0 Å². The number of ether oxygens (including phenoxy) is 3. The zero-order valence-electron chi connectivity index (χ0n) is 15.3. The van der Waals surface area contributed by atoms with Gasteiger partial charge in [0.1, 0.15) is 11.6 Å². The van der Waals surface area contributed by atoms with Crippen molar-refractivity contribution in [1.29, 1.82) is 0 Å². The third-order valence-electron chi connectivity index (χ3n) is 2.86. The first kappa shape index (κ1) is 23.1. The molecule has 0 fully saturated rings. The zero-order valence-corrected chi connectivity index (χ0v) is 15.3. The molecule has 1 atom stereocenters. The van der Waals surface area contributed by atoms with E-state index in [1.807, 2.05) is 0 Å². The zero-order chi connectivity index (χ0) is 19.6. The number of halogens is 2. The molecule has 0 bridgehead atoms. The summed E-state index contributed by atoms with van der Waals surface area (Å²) in [5.41, 5.74) is -0.921. The van der Waals surface area contributed by atoms with Crippen LogP contribution in [0, 0.1) is 0 Å². The minimum atomic E-state index is -3.01. The summed E-state index contributed by atoms with van der Waals surface area (Å²) in [6.07, 6.45) is -5.04. The lowest BCUT2D eigenvalue weighted by molar-refractivity contribution is -0.146. The van der Waals surface area contributed by atoms with E-state index < -0.39 is 42.5 Å². The van der Waals surface area contributed by atoms with Gasteiger partial charge < -0.3 is 14.2 Å². The van der Waals surface area contributed by atoms with Gasteiger partial charge in [0.2, 0.25) is 0 Å². The predicted molar refractivity (Wildman–Crippen MR) is 85.2 cm³/mol. The van der Waals surface area contributed by atoms with Crippen LogP contribution in [-0.4, -0.2) is 60.8 Å². The van der Waals surface area contributed by atoms with Crippen LogP contribution in [0.4, 0.5) is 13.6 Å². The maximum absolute atomic E-state index is 13.4. The van der Waals surface area contributed by atoms with Crippen molar-refractivity contribution in [2.45, 2.75) is 65.5 Å². The molecule has 1 amide bonds. The lowest BCUT2D eigenvalue weighted by Gasteiger charge is -2.32. The third-order valence-corrected chi connectivity index (χ3v) is 2.86. The lowest BCUT2D eigenvalue weighted by atomic mass is 10.1. The number of hydrogen-bond donors (Lipinski definition) is 0. The predicted octanol–water partition coefficient (Wildman–Crippen LogP) is 2.76. The largest absolute Gasteiger partial charge is 0.466 e. The molecular formula is C16H27F2NO6. The summed E-state index contributed by atoms with van der Waals surface area (Å²) in [5.74, 6) is -1.50. The molecule has 25 heavy (non-hydrogen) atoms. The van der Waals surface area contributed by atoms with E-state index in [-0.39, 0.29) is 26.2 Å². The van der Waals surface area contributed by atoms with Gasteiger partial charge in [-0.25, -0.2) is 13.6 Å². The maximum atomic E-state index is 13.4. The van der Waals surface area contributed by atoms with E-state index in [9.17, 15) is 23.2 Å². The van der Waals surface area contributed by atoms with Crippen LogP contribution in [0.3, 0.4) is 0 Å². The van der Waals surface area contributed by atoms with Gasteiger partial charge in [-0.2, -0.15) is 0 Å². The number of carbonyl (C=O) groups excluding carboxylic acids is 3. The quantitative estimate of drug-likeness (QED) is 0.460. The molecule has 0 aliphatic heterocycles. The monoisotopic (exact) mass is 367 g/mol. The van der Waals surface area contributed by atoms with Crippen LogP contribution in [0.2, 0.25) is 0 Å². The molecule has 7 nitrogen and oxygen atoms in total. The van der Waals surface area contributed by atoms with Crippen molar-refractivity contribution in [1.82, 2.24) is 4.90 Å². The highest BCUT2D eigenvalue weighted by Gasteiger charge is 2.36. The Balaban J connectivity index is 5.29. The Morgan fingerprint density at radius 3 is 1.96 bits per heavy atom. The van der Waals surface area contributed by atoms with Crippen LogP contribution < -0.4 is 0 Å². The van der Waals surface area contributed by atoms with Gasteiger partial charge in [-0.05, 0) is 34.6 Å². The summed E-state index contributed by atoms with van der Waals surface area (Å²) < 4.78 is 41.4. The third kappa shape index (κ3) is 9.83.